The quantitative estimate of drug-likeness (QED) is 0.551. The number of carbonyl (C=O) groups is 2. The average molecular weight is 243 g/mol. The van der Waals surface area contributed by atoms with Gasteiger partial charge in [0, 0.05) is 13.1 Å². The summed E-state index contributed by atoms with van der Waals surface area (Å²) in [5.74, 6) is 0. The maximum atomic E-state index is 13.0. The molecule has 1 aliphatic rings. The number of halogens is 1. The molecule has 1 aliphatic heterocycles. The Balaban J connectivity index is 2.54. The van der Waals surface area contributed by atoms with Crippen molar-refractivity contribution >= 4 is 12.4 Å². The Hall–Kier alpha value is -1.39. The molecule has 0 saturated heterocycles. The van der Waals surface area contributed by atoms with Gasteiger partial charge >= 0.3 is 6.09 Å². The van der Waals surface area contributed by atoms with Crippen LogP contribution in [-0.4, -0.2) is 42.1 Å². The highest BCUT2D eigenvalue weighted by atomic mass is 19.1. The fourth-order valence-corrected chi connectivity index (χ4v) is 1.52. The molecule has 0 saturated carbocycles. The van der Waals surface area contributed by atoms with Crippen molar-refractivity contribution in [3.8, 4) is 0 Å². The minimum Gasteiger partial charge on any atom is -0.444 e. The molecule has 1 unspecified atom stereocenters. The van der Waals surface area contributed by atoms with E-state index in [0.29, 0.717) is 25.1 Å². The zero-order chi connectivity index (χ0) is 13.1. The Kier molecular flexibility index (Phi) is 4.26. The van der Waals surface area contributed by atoms with E-state index in [1.165, 1.54) is 4.90 Å². The number of aldehydes is 1. The largest absolute Gasteiger partial charge is 0.444 e. The molecule has 0 spiro atoms. The Morgan fingerprint density at radius 2 is 2.24 bits per heavy atom. The van der Waals surface area contributed by atoms with Crippen LogP contribution in [0, 0.1) is 0 Å². The lowest BCUT2D eigenvalue weighted by atomic mass is 10.0. The molecule has 17 heavy (non-hydrogen) atoms. The molecule has 0 bridgehead atoms. The van der Waals surface area contributed by atoms with E-state index in [1.54, 1.807) is 26.8 Å². The third-order valence-corrected chi connectivity index (χ3v) is 2.37. The van der Waals surface area contributed by atoms with Crippen LogP contribution in [0.4, 0.5) is 9.18 Å². The first-order valence-electron chi connectivity index (χ1n) is 5.59. The zero-order valence-electron chi connectivity index (χ0n) is 10.4. The average Bonchev–Trinajstić information content (AvgIpc) is 2.26. The Bertz CT molecular complexity index is 333. The van der Waals surface area contributed by atoms with Gasteiger partial charge in [0.05, 0.1) is 0 Å². The van der Waals surface area contributed by atoms with Crippen LogP contribution in [0.3, 0.4) is 0 Å². The van der Waals surface area contributed by atoms with Gasteiger partial charge in [0.15, 0.2) is 12.5 Å². The highest BCUT2D eigenvalue weighted by Gasteiger charge is 2.25. The molecule has 0 radical (unpaired) electrons. The van der Waals surface area contributed by atoms with Gasteiger partial charge < -0.3 is 9.64 Å². The van der Waals surface area contributed by atoms with E-state index in [1.807, 2.05) is 0 Å². The first-order chi connectivity index (χ1) is 7.83. The van der Waals surface area contributed by atoms with E-state index in [0.717, 1.165) is 0 Å². The van der Waals surface area contributed by atoms with Crippen LogP contribution in [0.1, 0.15) is 27.2 Å². The lowest BCUT2D eigenvalue weighted by Gasteiger charge is -2.29. The molecule has 0 aromatic heterocycles. The van der Waals surface area contributed by atoms with Crippen molar-refractivity contribution < 1.29 is 18.7 Å². The molecule has 0 N–H and O–H groups in total. The van der Waals surface area contributed by atoms with Crippen LogP contribution >= 0.6 is 0 Å². The molecule has 1 rings (SSSR count). The number of alkyl halides is 1. The van der Waals surface area contributed by atoms with Gasteiger partial charge in [-0.25, -0.2) is 9.18 Å². The van der Waals surface area contributed by atoms with Crippen LogP contribution in [0.2, 0.25) is 0 Å². The predicted molar refractivity (Wildman–Crippen MR) is 61.5 cm³/mol. The zero-order valence-corrected chi connectivity index (χ0v) is 10.4. The first kappa shape index (κ1) is 13.7. The smallest absolute Gasteiger partial charge is 0.410 e. The highest BCUT2D eigenvalue weighted by molar-refractivity contribution is 5.69. The van der Waals surface area contributed by atoms with Gasteiger partial charge in [0.2, 0.25) is 0 Å². The van der Waals surface area contributed by atoms with Crippen molar-refractivity contribution in [2.75, 3.05) is 13.1 Å². The molecule has 0 aromatic rings. The van der Waals surface area contributed by atoms with Gasteiger partial charge in [-0.1, -0.05) is 6.08 Å². The standard InChI is InChI=1S/C12H18FNO3/c1-12(2,3)17-11(16)14-6-4-9(5-7-14)10(13)8-15/h4,8,10H,5-7H2,1-3H3. The lowest BCUT2D eigenvalue weighted by molar-refractivity contribution is -0.110. The molecule has 5 heteroatoms. The molecule has 1 amide bonds. The topological polar surface area (TPSA) is 46.6 Å². The number of hydrogen-bond acceptors (Lipinski definition) is 3. The summed E-state index contributed by atoms with van der Waals surface area (Å²) in [5, 5.41) is 0. The van der Waals surface area contributed by atoms with Crippen molar-refractivity contribution in [3.05, 3.63) is 11.6 Å². The van der Waals surface area contributed by atoms with Crippen LogP contribution in [0.15, 0.2) is 11.6 Å². The van der Waals surface area contributed by atoms with Crippen molar-refractivity contribution in [1.29, 1.82) is 0 Å². The molecular formula is C12H18FNO3. The Morgan fingerprint density at radius 1 is 1.59 bits per heavy atom. The second-order valence-corrected chi connectivity index (χ2v) is 4.99. The summed E-state index contributed by atoms with van der Waals surface area (Å²) in [6, 6.07) is 0. The number of amides is 1. The van der Waals surface area contributed by atoms with Gasteiger partial charge in [0.1, 0.15) is 5.60 Å². The summed E-state index contributed by atoms with van der Waals surface area (Å²) in [5.41, 5.74) is -0.0910. The summed E-state index contributed by atoms with van der Waals surface area (Å²) in [6.45, 7) is 6.05. The van der Waals surface area contributed by atoms with Gasteiger partial charge in [-0.3, -0.25) is 4.79 Å². The van der Waals surface area contributed by atoms with E-state index < -0.39 is 17.9 Å². The molecule has 1 atom stereocenters. The fourth-order valence-electron chi connectivity index (χ4n) is 1.52. The van der Waals surface area contributed by atoms with Crippen molar-refractivity contribution in [2.24, 2.45) is 0 Å². The number of ether oxygens (including phenoxy) is 1. The normalized spacial score (nSPS) is 18.4. The number of hydrogen-bond donors (Lipinski definition) is 0. The van der Waals surface area contributed by atoms with E-state index in [-0.39, 0.29) is 6.29 Å². The maximum absolute atomic E-state index is 13.0. The van der Waals surface area contributed by atoms with Crippen molar-refractivity contribution in [2.45, 2.75) is 39.0 Å². The minimum absolute atomic E-state index is 0.273. The molecule has 1 heterocycles. The maximum Gasteiger partial charge on any atom is 0.410 e. The third kappa shape index (κ3) is 4.17. The van der Waals surface area contributed by atoms with E-state index in [9.17, 15) is 14.0 Å². The van der Waals surface area contributed by atoms with Gasteiger partial charge in [-0.2, -0.15) is 0 Å². The predicted octanol–water partition coefficient (Wildman–Crippen LogP) is 2.09. The number of carbonyl (C=O) groups excluding carboxylic acids is 2. The number of rotatable bonds is 2. The summed E-state index contributed by atoms with van der Waals surface area (Å²) < 4.78 is 18.2. The first-order valence-corrected chi connectivity index (χ1v) is 5.59. The van der Waals surface area contributed by atoms with Crippen LogP contribution in [0.25, 0.3) is 0 Å². The summed E-state index contributed by atoms with van der Waals surface area (Å²) >= 11 is 0. The fraction of sp³-hybridized carbons (Fsp3) is 0.667. The van der Waals surface area contributed by atoms with Crippen LogP contribution < -0.4 is 0 Å². The molecule has 0 fully saturated rings. The molecule has 96 valence electrons. The molecule has 0 aromatic carbocycles. The van der Waals surface area contributed by atoms with Crippen LogP contribution in [0.5, 0.6) is 0 Å². The molecular weight excluding hydrogens is 225 g/mol. The SMILES string of the molecule is CC(C)(C)OC(=O)N1CC=C(C(F)C=O)CC1. The van der Waals surface area contributed by atoms with Crippen molar-refractivity contribution in [3.63, 3.8) is 0 Å². The monoisotopic (exact) mass is 243 g/mol. The second kappa shape index (κ2) is 5.29. The number of nitrogens with zero attached hydrogens (tertiary/aromatic N) is 1. The Labute approximate surface area is 100 Å². The van der Waals surface area contributed by atoms with E-state index in [4.69, 9.17) is 4.74 Å². The van der Waals surface area contributed by atoms with E-state index >= 15 is 0 Å². The molecule has 4 nitrogen and oxygen atoms in total. The minimum atomic E-state index is -1.55. The van der Waals surface area contributed by atoms with Crippen molar-refractivity contribution in [1.82, 2.24) is 4.90 Å². The van der Waals surface area contributed by atoms with Gasteiger partial charge in [0.25, 0.3) is 0 Å². The van der Waals surface area contributed by atoms with Crippen LogP contribution in [-0.2, 0) is 9.53 Å². The summed E-state index contributed by atoms with van der Waals surface area (Å²) in [7, 11) is 0. The molecule has 0 aliphatic carbocycles. The van der Waals surface area contributed by atoms with Gasteiger partial charge in [-0.15, -0.1) is 0 Å². The summed E-state index contributed by atoms with van der Waals surface area (Å²) in [4.78, 5) is 23.4. The highest BCUT2D eigenvalue weighted by Crippen LogP contribution is 2.18. The van der Waals surface area contributed by atoms with E-state index in [2.05, 4.69) is 0 Å². The summed E-state index contributed by atoms with van der Waals surface area (Å²) in [6.07, 6.45) is 0.269. The third-order valence-electron chi connectivity index (χ3n) is 2.37. The second-order valence-electron chi connectivity index (χ2n) is 4.99. The lowest BCUT2D eigenvalue weighted by Crippen LogP contribution is -2.39. The van der Waals surface area contributed by atoms with Gasteiger partial charge in [-0.05, 0) is 32.8 Å². The Morgan fingerprint density at radius 3 is 2.65 bits per heavy atom.